The lowest BCUT2D eigenvalue weighted by atomic mass is 10.0. The highest BCUT2D eigenvalue weighted by Crippen LogP contribution is 2.43. The van der Waals surface area contributed by atoms with Crippen LogP contribution in [0.15, 0.2) is 0 Å². The molecular weight excluding hydrogens is 270 g/mol. The Hall–Kier alpha value is -1.26. The predicted molar refractivity (Wildman–Crippen MR) is 78.8 cm³/mol. The summed E-state index contributed by atoms with van der Waals surface area (Å²) in [5, 5.41) is 0. The van der Waals surface area contributed by atoms with Crippen LogP contribution in [0, 0.1) is 17.8 Å². The van der Waals surface area contributed by atoms with Crippen LogP contribution in [0.2, 0.25) is 0 Å². The number of ether oxygens (including phenoxy) is 2. The zero-order valence-corrected chi connectivity index (χ0v) is 13.6. The van der Waals surface area contributed by atoms with Crippen molar-refractivity contribution in [2.45, 2.75) is 52.6 Å². The van der Waals surface area contributed by atoms with Crippen molar-refractivity contribution in [3.05, 3.63) is 0 Å². The minimum atomic E-state index is -0.443. The number of rotatable bonds is 3. The first-order valence-corrected chi connectivity index (χ1v) is 7.92. The van der Waals surface area contributed by atoms with Crippen LogP contribution in [0.1, 0.15) is 47.0 Å². The monoisotopic (exact) mass is 297 g/mol. The van der Waals surface area contributed by atoms with Crippen molar-refractivity contribution in [3.63, 3.8) is 0 Å². The van der Waals surface area contributed by atoms with Gasteiger partial charge in [0.1, 0.15) is 5.60 Å². The van der Waals surface area contributed by atoms with Crippen molar-refractivity contribution in [3.8, 4) is 0 Å². The van der Waals surface area contributed by atoms with Gasteiger partial charge in [-0.15, -0.1) is 0 Å². The summed E-state index contributed by atoms with van der Waals surface area (Å²) in [4.78, 5) is 25.4. The fourth-order valence-electron chi connectivity index (χ4n) is 3.52. The van der Waals surface area contributed by atoms with E-state index < -0.39 is 5.60 Å². The Kier molecular flexibility index (Phi) is 4.79. The number of hydrogen-bond acceptors (Lipinski definition) is 4. The molecule has 2 fully saturated rings. The minimum Gasteiger partial charge on any atom is -0.466 e. The maximum absolute atomic E-state index is 12.1. The molecule has 1 saturated heterocycles. The molecule has 2 aliphatic rings. The first kappa shape index (κ1) is 16.1. The molecular formula is C16H27NO4. The van der Waals surface area contributed by atoms with E-state index in [-0.39, 0.29) is 12.1 Å². The van der Waals surface area contributed by atoms with Crippen LogP contribution in [-0.2, 0) is 14.3 Å². The smallest absolute Gasteiger partial charge is 0.410 e. The molecule has 0 aromatic carbocycles. The maximum Gasteiger partial charge on any atom is 0.410 e. The van der Waals surface area contributed by atoms with Crippen LogP contribution in [0.25, 0.3) is 0 Å². The van der Waals surface area contributed by atoms with E-state index >= 15 is 0 Å². The fourth-order valence-corrected chi connectivity index (χ4v) is 3.52. The average Bonchev–Trinajstić information content (AvgIpc) is 2.84. The lowest BCUT2D eigenvalue weighted by molar-refractivity contribution is -0.144. The normalized spacial score (nSPS) is 28.4. The predicted octanol–water partition coefficient (Wildman–Crippen LogP) is 2.83. The van der Waals surface area contributed by atoms with E-state index in [0.717, 1.165) is 25.9 Å². The van der Waals surface area contributed by atoms with Crippen molar-refractivity contribution >= 4 is 12.1 Å². The van der Waals surface area contributed by atoms with E-state index in [9.17, 15) is 9.59 Å². The second-order valence-corrected chi connectivity index (χ2v) is 7.25. The van der Waals surface area contributed by atoms with E-state index in [0.29, 0.717) is 30.8 Å². The SMILES string of the molecule is CCOC(=O)CC1C[C@@H]2CN(C(=O)OC(C)(C)C)C[C@@H]2C1. The van der Waals surface area contributed by atoms with Crippen molar-refractivity contribution in [1.82, 2.24) is 4.90 Å². The Bertz CT molecular complexity index is 388. The van der Waals surface area contributed by atoms with E-state index in [1.165, 1.54) is 0 Å². The number of carbonyl (C=O) groups is 2. The van der Waals surface area contributed by atoms with Crippen LogP contribution in [0.3, 0.4) is 0 Å². The molecule has 1 aliphatic carbocycles. The highest BCUT2D eigenvalue weighted by molar-refractivity contribution is 5.70. The third-order valence-corrected chi connectivity index (χ3v) is 4.26. The summed E-state index contributed by atoms with van der Waals surface area (Å²) in [5.41, 5.74) is -0.443. The molecule has 0 aromatic rings. The number of nitrogens with zero attached hydrogens (tertiary/aromatic N) is 1. The summed E-state index contributed by atoms with van der Waals surface area (Å²) >= 11 is 0. The Morgan fingerprint density at radius 1 is 1.14 bits per heavy atom. The van der Waals surface area contributed by atoms with Gasteiger partial charge < -0.3 is 14.4 Å². The van der Waals surface area contributed by atoms with Gasteiger partial charge in [-0.2, -0.15) is 0 Å². The molecule has 0 bridgehead atoms. The van der Waals surface area contributed by atoms with Gasteiger partial charge in [-0.1, -0.05) is 0 Å². The largest absolute Gasteiger partial charge is 0.466 e. The first-order chi connectivity index (χ1) is 9.78. The summed E-state index contributed by atoms with van der Waals surface area (Å²) in [6, 6.07) is 0. The summed E-state index contributed by atoms with van der Waals surface area (Å²) in [6.45, 7) is 9.47. The molecule has 0 spiro atoms. The van der Waals surface area contributed by atoms with Gasteiger partial charge in [-0.25, -0.2) is 4.79 Å². The van der Waals surface area contributed by atoms with Gasteiger partial charge in [0.05, 0.1) is 6.61 Å². The van der Waals surface area contributed by atoms with Crippen LogP contribution < -0.4 is 0 Å². The van der Waals surface area contributed by atoms with Crippen molar-refractivity contribution in [2.75, 3.05) is 19.7 Å². The second-order valence-electron chi connectivity index (χ2n) is 7.25. The zero-order valence-electron chi connectivity index (χ0n) is 13.6. The Morgan fingerprint density at radius 2 is 1.71 bits per heavy atom. The van der Waals surface area contributed by atoms with E-state index in [4.69, 9.17) is 9.47 Å². The van der Waals surface area contributed by atoms with Crippen molar-refractivity contribution < 1.29 is 19.1 Å². The van der Waals surface area contributed by atoms with Crippen LogP contribution in [0.4, 0.5) is 4.79 Å². The lowest BCUT2D eigenvalue weighted by Crippen LogP contribution is -2.36. The molecule has 0 aromatic heterocycles. The molecule has 1 saturated carbocycles. The summed E-state index contributed by atoms with van der Waals surface area (Å²) in [5.74, 6) is 1.35. The van der Waals surface area contributed by atoms with Gasteiger partial charge in [0, 0.05) is 19.5 Å². The summed E-state index contributed by atoms with van der Waals surface area (Å²) in [7, 11) is 0. The topological polar surface area (TPSA) is 55.8 Å². The molecule has 0 N–H and O–H groups in total. The zero-order chi connectivity index (χ0) is 15.6. The lowest BCUT2D eigenvalue weighted by Gasteiger charge is -2.25. The summed E-state index contributed by atoms with van der Waals surface area (Å²) < 4.78 is 10.4. The van der Waals surface area contributed by atoms with Gasteiger partial charge in [0.15, 0.2) is 0 Å². The molecule has 5 nitrogen and oxygen atoms in total. The first-order valence-electron chi connectivity index (χ1n) is 7.92. The van der Waals surface area contributed by atoms with E-state index in [1.54, 1.807) is 0 Å². The highest BCUT2D eigenvalue weighted by Gasteiger charge is 2.43. The molecule has 5 heteroatoms. The van der Waals surface area contributed by atoms with Crippen molar-refractivity contribution in [2.24, 2.45) is 17.8 Å². The third kappa shape index (κ3) is 4.35. The third-order valence-electron chi connectivity index (χ3n) is 4.26. The van der Waals surface area contributed by atoms with Crippen LogP contribution in [0.5, 0.6) is 0 Å². The number of hydrogen-bond donors (Lipinski definition) is 0. The molecule has 1 unspecified atom stereocenters. The number of esters is 1. The molecule has 21 heavy (non-hydrogen) atoms. The second kappa shape index (κ2) is 6.24. The number of amides is 1. The van der Waals surface area contributed by atoms with Gasteiger partial charge in [-0.3, -0.25) is 4.79 Å². The van der Waals surface area contributed by atoms with Gasteiger partial charge in [0.25, 0.3) is 0 Å². The molecule has 1 heterocycles. The van der Waals surface area contributed by atoms with E-state index in [2.05, 4.69) is 0 Å². The van der Waals surface area contributed by atoms with Gasteiger partial charge in [0.2, 0.25) is 0 Å². The number of fused-ring (bicyclic) bond motifs is 1. The molecule has 120 valence electrons. The van der Waals surface area contributed by atoms with Crippen LogP contribution >= 0.6 is 0 Å². The summed E-state index contributed by atoms with van der Waals surface area (Å²) in [6.07, 6.45) is 2.34. The quantitative estimate of drug-likeness (QED) is 0.752. The molecule has 1 aliphatic heterocycles. The standard InChI is InChI=1S/C16H27NO4/c1-5-20-14(18)8-11-6-12-9-17(10-13(12)7-11)15(19)21-16(2,3)4/h11-13H,5-10H2,1-4H3/t11?,12-,13+. The molecule has 0 radical (unpaired) electrons. The van der Waals surface area contributed by atoms with E-state index in [1.807, 2.05) is 32.6 Å². The van der Waals surface area contributed by atoms with Crippen molar-refractivity contribution in [1.29, 1.82) is 0 Å². The minimum absolute atomic E-state index is 0.0912. The Labute approximate surface area is 127 Å². The van der Waals surface area contributed by atoms with Gasteiger partial charge in [-0.05, 0) is 58.3 Å². The number of likely N-dealkylation sites (tertiary alicyclic amines) is 1. The molecule has 3 atom stereocenters. The highest BCUT2D eigenvalue weighted by atomic mass is 16.6. The number of carbonyl (C=O) groups excluding carboxylic acids is 2. The Balaban J connectivity index is 1.79. The maximum atomic E-state index is 12.1. The fraction of sp³-hybridized carbons (Fsp3) is 0.875. The van der Waals surface area contributed by atoms with Crippen LogP contribution in [-0.4, -0.2) is 42.3 Å². The van der Waals surface area contributed by atoms with Gasteiger partial charge >= 0.3 is 12.1 Å². The molecule has 2 rings (SSSR count). The molecule has 1 amide bonds. The average molecular weight is 297 g/mol. The Morgan fingerprint density at radius 3 is 2.19 bits per heavy atom.